The van der Waals surface area contributed by atoms with Gasteiger partial charge in [0.2, 0.25) is 5.88 Å². The van der Waals surface area contributed by atoms with Crippen LogP contribution in [0.4, 0.5) is 10.5 Å². The zero-order valence-corrected chi connectivity index (χ0v) is 17.3. The summed E-state index contributed by atoms with van der Waals surface area (Å²) in [4.78, 5) is 12.7. The van der Waals surface area contributed by atoms with Crippen LogP contribution in [0.1, 0.15) is 54.4 Å². The molecule has 0 radical (unpaired) electrons. The quantitative estimate of drug-likeness (QED) is 0.805. The molecule has 1 aromatic carbocycles. The predicted molar refractivity (Wildman–Crippen MR) is 109 cm³/mol. The van der Waals surface area contributed by atoms with Crippen LogP contribution in [0, 0.1) is 0 Å². The van der Waals surface area contributed by atoms with Gasteiger partial charge in [-0.2, -0.15) is 0 Å². The third-order valence-electron chi connectivity index (χ3n) is 6.32. The lowest BCUT2D eigenvalue weighted by Crippen LogP contribution is -2.35. The van der Waals surface area contributed by atoms with Crippen LogP contribution < -0.4 is 14.8 Å². The third kappa shape index (κ3) is 3.10. The van der Waals surface area contributed by atoms with E-state index in [2.05, 4.69) is 23.0 Å². The van der Waals surface area contributed by atoms with Crippen molar-refractivity contribution >= 4 is 21.7 Å². The molecule has 2 heterocycles. The first-order chi connectivity index (χ1) is 13.9. The van der Waals surface area contributed by atoms with E-state index in [9.17, 15) is 13.2 Å². The number of rotatable bonds is 3. The Morgan fingerprint density at radius 2 is 2.07 bits per heavy atom. The number of fused-ring (bicyclic) bond motifs is 3. The summed E-state index contributed by atoms with van der Waals surface area (Å²) >= 11 is 0. The summed E-state index contributed by atoms with van der Waals surface area (Å²) in [6, 6.07) is 3.05. The van der Waals surface area contributed by atoms with E-state index in [1.54, 1.807) is 10.8 Å². The number of aromatic nitrogens is 1. The zero-order valence-electron chi connectivity index (χ0n) is 16.5. The van der Waals surface area contributed by atoms with Crippen molar-refractivity contribution in [1.29, 1.82) is 0 Å². The van der Waals surface area contributed by atoms with Crippen LogP contribution in [0.15, 0.2) is 23.2 Å². The first kappa shape index (κ1) is 18.5. The number of sulfonamides is 1. The highest BCUT2D eigenvalue weighted by Crippen LogP contribution is 2.43. The van der Waals surface area contributed by atoms with Gasteiger partial charge in [0.15, 0.2) is 0 Å². The number of anilines is 1. The van der Waals surface area contributed by atoms with E-state index in [1.807, 2.05) is 0 Å². The van der Waals surface area contributed by atoms with Crippen LogP contribution in [0.3, 0.4) is 0 Å². The second-order valence-corrected chi connectivity index (χ2v) is 9.84. The molecular formula is C21H25N3O4S. The molecule has 2 aromatic rings. The lowest BCUT2D eigenvalue weighted by Gasteiger charge is -2.19. The Hall–Kier alpha value is -2.48. The van der Waals surface area contributed by atoms with E-state index in [-0.39, 0.29) is 4.90 Å². The predicted octanol–water partition coefficient (Wildman–Crippen LogP) is 3.32. The van der Waals surface area contributed by atoms with Gasteiger partial charge in [0.05, 0.1) is 6.61 Å². The summed E-state index contributed by atoms with van der Waals surface area (Å²) in [6.07, 6.45) is 7.47. The molecule has 0 fully saturated rings. The number of urea groups is 1. The largest absolute Gasteiger partial charge is 0.478 e. The number of ether oxygens (including phenoxy) is 1. The summed E-state index contributed by atoms with van der Waals surface area (Å²) in [5, 5.41) is 2.88. The Morgan fingerprint density at radius 1 is 1.21 bits per heavy atom. The van der Waals surface area contributed by atoms with Gasteiger partial charge in [-0.15, -0.1) is 0 Å². The van der Waals surface area contributed by atoms with Crippen molar-refractivity contribution in [2.24, 2.45) is 0 Å². The fraction of sp³-hybridized carbons (Fsp3) is 0.476. The molecule has 2 aliphatic carbocycles. The maximum Gasteiger partial charge on any atom is 0.333 e. The fourth-order valence-corrected chi connectivity index (χ4v) is 5.93. The Bertz CT molecular complexity index is 1100. The highest BCUT2D eigenvalue weighted by Gasteiger charge is 2.30. The van der Waals surface area contributed by atoms with Crippen molar-refractivity contribution in [3.05, 3.63) is 40.6 Å². The molecule has 0 saturated heterocycles. The van der Waals surface area contributed by atoms with Crippen molar-refractivity contribution in [2.45, 2.75) is 62.8 Å². The number of hydrogen-bond donors (Lipinski definition) is 2. The lowest BCUT2D eigenvalue weighted by atomic mass is 9.96. The van der Waals surface area contributed by atoms with Crippen LogP contribution in [-0.2, 0) is 35.8 Å². The third-order valence-corrected chi connectivity index (χ3v) is 7.66. The summed E-state index contributed by atoms with van der Waals surface area (Å²) in [7, 11) is -4.02. The Kier molecular flexibility index (Phi) is 4.34. The Balaban J connectivity index is 1.42. The molecule has 7 nitrogen and oxygen atoms in total. The van der Waals surface area contributed by atoms with Crippen LogP contribution >= 0.6 is 0 Å². The first-order valence-electron chi connectivity index (χ1n) is 10.3. The molecule has 0 bridgehead atoms. The van der Waals surface area contributed by atoms with Gasteiger partial charge in [0.1, 0.15) is 4.90 Å². The Labute approximate surface area is 170 Å². The minimum Gasteiger partial charge on any atom is -0.478 e. The minimum atomic E-state index is -4.02. The number of nitrogens with zero attached hydrogens (tertiary/aromatic N) is 1. The van der Waals surface area contributed by atoms with Gasteiger partial charge in [-0.1, -0.05) is 13.0 Å². The fourth-order valence-electron chi connectivity index (χ4n) is 4.88. The number of benzene rings is 1. The van der Waals surface area contributed by atoms with Crippen LogP contribution in [0.25, 0.3) is 0 Å². The highest BCUT2D eigenvalue weighted by atomic mass is 32.2. The topological polar surface area (TPSA) is 89.4 Å². The van der Waals surface area contributed by atoms with Crippen LogP contribution in [-0.4, -0.2) is 25.6 Å². The van der Waals surface area contributed by atoms with Crippen molar-refractivity contribution in [1.82, 2.24) is 9.29 Å². The van der Waals surface area contributed by atoms with Crippen molar-refractivity contribution in [2.75, 3.05) is 11.9 Å². The van der Waals surface area contributed by atoms with E-state index in [1.165, 1.54) is 17.2 Å². The highest BCUT2D eigenvalue weighted by molar-refractivity contribution is 7.90. The molecule has 29 heavy (non-hydrogen) atoms. The van der Waals surface area contributed by atoms with Gasteiger partial charge in [-0.05, 0) is 72.8 Å². The van der Waals surface area contributed by atoms with E-state index < -0.39 is 16.1 Å². The van der Waals surface area contributed by atoms with Gasteiger partial charge in [-0.3, -0.25) is 0 Å². The van der Waals surface area contributed by atoms with Gasteiger partial charge in [0, 0.05) is 18.4 Å². The smallest absolute Gasteiger partial charge is 0.333 e. The molecule has 3 aliphatic rings. The molecule has 1 unspecified atom stereocenters. The summed E-state index contributed by atoms with van der Waals surface area (Å²) in [5.74, 6) is 0.764. The lowest BCUT2D eigenvalue weighted by molar-refractivity contribution is 0.234. The van der Waals surface area contributed by atoms with E-state index in [0.29, 0.717) is 24.9 Å². The number of hydrogen-bond acceptors (Lipinski definition) is 4. The van der Waals surface area contributed by atoms with E-state index in [0.717, 1.165) is 55.3 Å². The summed E-state index contributed by atoms with van der Waals surface area (Å²) in [6.45, 7) is 3.38. The number of aryl methyl sites for hydroxylation is 2. The summed E-state index contributed by atoms with van der Waals surface area (Å²) in [5.41, 5.74) is 5.72. The zero-order chi connectivity index (χ0) is 20.2. The number of carbonyl (C=O) groups excluding carboxylic acids is 1. The molecular weight excluding hydrogens is 390 g/mol. The van der Waals surface area contributed by atoms with Crippen molar-refractivity contribution in [3.63, 3.8) is 0 Å². The first-order valence-corrected chi connectivity index (χ1v) is 11.8. The molecule has 154 valence electrons. The van der Waals surface area contributed by atoms with E-state index in [4.69, 9.17) is 4.74 Å². The molecule has 0 saturated carbocycles. The van der Waals surface area contributed by atoms with Crippen LogP contribution in [0.5, 0.6) is 5.88 Å². The Morgan fingerprint density at radius 3 is 2.93 bits per heavy atom. The second kappa shape index (κ2) is 6.79. The average molecular weight is 416 g/mol. The molecule has 2 N–H and O–H groups in total. The van der Waals surface area contributed by atoms with Crippen LogP contribution in [0.2, 0.25) is 0 Å². The molecule has 1 aromatic heterocycles. The molecule has 1 atom stereocenters. The molecule has 2 amide bonds. The number of carbonyl (C=O) groups is 1. The maximum atomic E-state index is 12.8. The standard InChI is InChI=1S/C21H25N3O4S/c1-13-6-7-16-17(13)12-14-4-2-5-15(14)19(16)22-21(25)23-29(26,27)18-8-10-24-9-3-11-28-20(18)24/h8,10,12-13H,2-7,9,11H2,1H3,(H2,22,23,25). The van der Waals surface area contributed by atoms with Gasteiger partial charge in [0.25, 0.3) is 10.0 Å². The van der Waals surface area contributed by atoms with Gasteiger partial charge < -0.3 is 14.6 Å². The van der Waals surface area contributed by atoms with Crippen molar-refractivity contribution < 1.29 is 17.9 Å². The maximum absolute atomic E-state index is 12.8. The SMILES string of the molecule is CC1CCc2c1cc1c(c2NC(=O)NS(=O)(=O)c2ccn3c2OCCC3)CCC1. The normalized spacial score (nSPS) is 19.8. The summed E-state index contributed by atoms with van der Waals surface area (Å²) < 4.78 is 35.1. The second-order valence-electron chi connectivity index (χ2n) is 8.19. The van der Waals surface area contributed by atoms with E-state index >= 15 is 0 Å². The van der Waals surface area contributed by atoms with Gasteiger partial charge in [-0.25, -0.2) is 17.9 Å². The molecule has 1 aliphatic heterocycles. The molecule has 5 rings (SSSR count). The monoisotopic (exact) mass is 415 g/mol. The number of nitrogens with one attached hydrogen (secondary N) is 2. The molecule has 0 spiro atoms. The average Bonchev–Trinajstić information content (AvgIpc) is 3.40. The minimum absolute atomic E-state index is 0.00416. The van der Waals surface area contributed by atoms with Gasteiger partial charge >= 0.3 is 6.03 Å². The number of amides is 2. The molecule has 8 heteroatoms. The van der Waals surface area contributed by atoms with Crippen molar-refractivity contribution in [3.8, 4) is 5.88 Å².